The van der Waals surface area contributed by atoms with Crippen LogP contribution >= 0.6 is 12.2 Å². The Morgan fingerprint density at radius 2 is 2.11 bits per heavy atom. The Bertz CT molecular complexity index is 618. The van der Waals surface area contributed by atoms with Crippen LogP contribution < -0.4 is 4.74 Å². The van der Waals surface area contributed by atoms with Gasteiger partial charge in [0.05, 0.1) is 25.3 Å². The van der Waals surface area contributed by atoms with Crippen molar-refractivity contribution < 1.29 is 9.47 Å². The minimum absolute atomic E-state index is 0.144. The highest BCUT2D eigenvalue weighted by Crippen LogP contribution is 2.25. The fourth-order valence-corrected chi connectivity index (χ4v) is 2.47. The first-order chi connectivity index (χ1) is 9.08. The third-order valence-electron chi connectivity index (χ3n) is 3.19. The zero-order chi connectivity index (χ0) is 14.0. The van der Waals surface area contributed by atoms with Crippen molar-refractivity contribution in [2.45, 2.75) is 19.9 Å². The van der Waals surface area contributed by atoms with Gasteiger partial charge in [-0.2, -0.15) is 4.98 Å². The summed E-state index contributed by atoms with van der Waals surface area (Å²) in [6.45, 7) is 4.88. The molecular formula is C13H19N3O2S. The first-order valence-electron chi connectivity index (χ1n) is 6.22. The second kappa shape index (κ2) is 5.71. The molecule has 6 heteroatoms. The number of ether oxygens (including phenoxy) is 2. The van der Waals surface area contributed by atoms with Crippen molar-refractivity contribution in [3.8, 4) is 5.88 Å². The van der Waals surface area contributed by atoms with Gasteiger partial charge in [-0.3, -0.25) is 4.57 Å². The lowest BCUT2D eigenvalue weighted by molar-refractivity contribution is 0.134. The molecule has 0 saturated heterocycles. The van der Waals surface area contributed by atoms with E-state index in [0.717, 1.165) is 11.2 Å². The van der Waals surface area contributed by atoms with E-state index >= 15 is 0 Å². The summed E-state index contributed by atoms with van der Waals surface area (Å²) < 4.78 is 13.2. The summed E-state index contributed by atoms with van der Waals surface area (Å²) in [6, 6.07) is 3.89. The zero-order valence-electron chi connectivity index (χ0n) is 11.6. The SMILES string of the molecule is COCC(C(C)C)n1c(=S)[nH]c2ccc(OC)nc21. The van der Waals surface area contributed by atoms with Crippen LogP contribution in [-0.2, 0) is 4.74 Å². The molecule has 0 saturated carbocycles. The molecular weight excluding hydrogens is 262 g/mol. The van der Waals surface area contributed by atoms with Crippen molar-refractivity contribution in [3.05, 3.63) is 16.9 Å². The van der Waals surface area contributed by atoms with Crippen LogP contribution in [0, 0.1) is 10.7 Å². The number of aromatic nitrogens is 3. The van der Waals surface area contributed by atoms with Crippen molar-refractivity contribution >= 4 is 23.4 Å². The van der Waals surface area contributed by atoms with Gasteiger partial charge in [-0.05, 0) is 24.2 Å². The third kappa shape index (κ3) is 2.64. The van der Waals surface area contributed by atoms with Crippen LogP contribution in [-0.4, -0.2) is 35.4 Å². The number of H-pyrrole nitrogens is 1. The fraction of sp³-hybridized carbons (Fsp3) is 0.538. The van der Waals surface area contributed by atoms with E-state index in [1.807, 2.05) is 16.7 Å². The Hall–Kier alpha value is -1.40. The maximum atomic E-state index is 5.41. The molecule has 1 N–H and O–H groups in total. The summed E-state index contributed by atoms with van der Waals surface area (Å²) in [5.41, 5.74) is 1.72. The number of pyridine rings is 1. The number of hydrogen-bond acceptors (Lipinski definition) is 4. The molecule has 0 fully saturated rings. The summed E-state index contributed by atoms with van der Waals surface area (Å²) >= 11 is 5.41. The van der Waals surface area contributed by atoms with Crippen LogP contribution in [0.15, 0.2) is 12.1 Å². The molecule has 0 aliphatic rings. The van der Waals surface area contributed by atoms with Crippen molar-refractivity contribution in [1.82, 2.24) is 14.5 Å². The first-order valence-corrected chi connectivity index (χ1v) is 6.63. The molecule has 5 nitrogen and oxygen atoms in total. The number of rotatable bonds is 5. The molecule has 2 aromatic heterocycles. The summed E-state index contributed by atoms with van der Waals surface area (Å²) in [5.74, 6) is 0.967. The molecule has 1 unspecified atom stereocenters. The van der Waals surface area contributed by atoms with Crippen molar-refractivity contribution in [2.75, 3.05) is 20.8 Å². The van der Waals surface area contributed by atoms with Gasteiger partial charge in [-0.15, -0.1) is 0 Å². The van der Waals surface area contributed by atoms with Crippen LogP contribution in [0.3, 0.4) is 0 Å². The van der Waals surface area contributed by atoms with Gasteiger partial charge >= 0.3 is 0 Å². The molecule has 0 radical (unpaired) electrons. The van der Waals surface area contributed by atoms with Gasteiger partial charge in [0, 0.05) is 13.2 Å². The van der Waals surface area contributed by atoms with Crippen molar-refractivity contribution in [3.63, 3.8) is 0 Å². The molecule has 0 aliphatic carbocycles. The monoisotopic (exact) mass is 281 g/mol. The highest BCUT2D eigenvalue weighted by atomic mass is 32.1. The quantitative estimate of drug-likeness (QED) is 0.856. The van der Waals surface area contributed by atoms with E-state index in [9.17, 15) is 0 Å². The summed E-state index contributed by atoms with van der Waals surface area (Å²) in [4.78, 5) is 7.66. The van der Waals surface area contributed by atoms with Crippen LogP contribution in [0.25, 0.3) is 11.2 Å². The molecule has 0 amide bonds. The number of imidazole rings is 1. The number of hydrogen-bond donors (Lipinski definition) is 1. The predicted octanol–water partition coefficient (Wildman–Crippen LogP) is 2.95. The zero-order valence-corrected chi connectivity index (χ0v) is 12.5. The maximum absolute atomic E-state index is 5.41. The van der Waals surface area contributed by atoms with Crippen molar-refractivity contribution in [2.24, 2.45) is 5.92 Å². The predicted molar refractivity (Wildman–Crippen MR) is 77.2 cm³/mol. The number of methoxy groups -OCH3 is 2. The number of fused-ring (bicyclic) bond motifs is 1. The average molecular weight is 281 g/mol. The standard InChI is InChI=1S/C13H19N3O2S/c1-8(2)10(7-17-3)16-12-9(14-13(16)19)5-6-11(15-12)18-4/h5-6,8,10H,7H2,1-4H3,(H,14,19). The van der Waals surface area contributed by atoms with Crippen LogP contribution in [0.4, 0.5) is 0 Å². The van der Waals surface area contributed by atoms with Gasteiger partial charge in [0.15, 0.2) is 10.4 Å². The van der Waals surface area contributed by atoms with Crippen molar-refractivity contribution in [1.29, 1.82) is 0 Å². The molecule has 2 aromatic rings. The Balaban J connectivity index is 2.62. The number of aromatic amines is 1. The van der Waals surface area contributed by atoms with E-state index < -0.39 is 0 Å². The number of nitrogens with one attached hydrogen (secondary N) is 1. The average Bonchev–Trinajstić information content (AvgIpc) is 2.70. The minimum Gasteiger partial charge on any atom is -0.481 e. The second-order valence-corrected chi connectivity index (χ2v) is 5.18. The Labute approximate surface area is 117 Å². The molecule has 0 aliphatic heterocycles. The lowest BCUT2D eigenvalue weighted by Gasteiger charge is -2.22. The smallest absolute Gasteiger partial charge is 0.215 e. The molecule has 2 rings (SSSR count). The van der Waals surface area contributed by atoms with E-state index in [1.54, 1.807) is 14.2 Å². The summed E-state index contributed by atoms with van der Waals surface area (Å²) in [6.07, 6.45) is 0. The molecule has 104 valence electrons. The largest absolute Gasteiger partial charge is 0.481 e. The Morgan fingerprint density at radius 1 is 1.37 bits per heavy atom. The van der Waals surface area contributed by atoms with Gasteiger partial charge in [-0.25, -0.2) is 0 Å². The van der Waals surface area contributed by atoms with E-state index in [4.69, 9.17) is 21.7 Å². The maximum Gasteiger partial charge on any atom is 0.215 e. The van der Waals surface area contributed by atoms with Gasteiger partial charge in [0.25, 0.3) is 0 Å². The lowest BCUT2D eigenvalue weighted by Crippen LogP contribution is -2.20. The highest BCUT2D eigenvalue weighted by Gasteiger charge is 2.20. The molecule has 0 aromatic carbocycles. The highest BCUT2D eigenvalue weighted by molar-refractivity contribution is 7.71. The van der Waals surface area contributed by atoms with E-state index in [-0.39, 0.29) is 6.04 Å². The van der Waals surface area contributed by atoms with Gasteiger partial charge in [0.1, 0.15) is 0 Å². The Morgan fingerprint density at radius 3 is 2.68 bits per heavy atom. The van der Waals surface area contributed by atoms with Gasteiger partial charge < -0.3 is 14.5 Å². The van der Waals surface area contributed by atoms with Crippen LogP contribution in [0.2, 0.25) is 0 Å². The second-order valence-electron chi connectivity index (χ2n) is 4.79. The molecule has 0 bridgehead atoms. The lowest BCUT2D eigenvalue weighted by atomic mass is 10.1. The molecule has 19 heavy (non-hydrogen) atoms. The first kappa shape index (κ1) is 14.0. The summed E-state index contributed by atoms with van der Waals surface area (Å²) in [7, 11) is 3.30. The third-order valence-corrected chi connectivity index (χ3v) is 3.48. The molecule has 0 spiro atoms. The topological polar surface area (TPSA) is 52.1 Å². The van der Waals surface area contributed by atoms with E-state index in [1.165, 1.54) is 0 Å². The fourth-order valence-electron chi connectivity index (χ4n) is 2.14. The van der Waals surface area contributed by atoms with Crippen LogP contribution in [0.5, 0.6) is 5.88 Å². The normalized spacial score (nSPS) is 13.1. The Kier molecular flexibility index (Phi) is 4.21. The van der Waals surface area contributed by atoms with Crippen LogP contribution in [0.1, 0.15) is 19.9 Å². The van der Waals surface area contributed by atoms with E-state index in [0.29, 0.717) is 23.2 Å². The molecule has 1 atom stereocenters. The van der Waals surface area contributed by atoms with Gasteiger partial charge in [-0.1, -0.05) is 13.8 Å². The minimum atomic E-state index is 0.144. The summed E-state index contributed by atoms with van der Waals surface area (Å²) in [5, 5.41) is 0. The molecule has 2 heterocycles. The van der Waals surface area contributed by atoms with Gasteiger partial charge in [0.2, 0.25) is 5.88 Å². The number of nitrogens with zero attached hydrogens (tertiary/aromatic N) is 2. The van der Waals surface area contributed by atoms with E-state index in [2.05, 4.69) is 23.8 Å².